The Balaban J connectivity index is 2.55. The van der Waals surface area contributed by atoms with E-state index in [1.807, 2.05) is 13.8 Å². The fourth-order valence-electron chi connectivity index (χ4n) is 1.80. The van der Waals surface area contributed by atoms with Gasteiger partial charge in [0.15, 0.2) is 0 Å². The van der Waals surface area contributed by atoms with E-state index in [2.05, 4.69) is 0 Å². The fourth-order valence-corrected chi connectivity index (χ4v) is 2.03. The molecule has 1 aliphatic rings. The summed E-state index contributed by atoms with van der Waals surface area (Å²) in [6.45, 7) is 3.98. The summed E-state index contributed by atoms with van der Waals surface area (Å²) in [5.74, 6) is 0.402. The zero-order chi connectivity index (χ0) is 11.2. The van der Waals surface area contributed by atoms with Crippen molar-refractivity contribution >= 4 is 11.6 Å². The molecule has 2 nitrogen and oxygen atoms in total. The van der Waals surface area contributed by atoms with Gasteiger partial charge in [0.1, 0.15) is 5.75 Å². The van der Waals surface area contributed by atoms with Crippen molar-refractivity contribution < 1.29 is 10.2 Å². The van der Waals surface area contributed by atoms with Gasteiger partial charge < -0.3 is 10.2 Å². The topological polar surface area (TPSA) is 40.5 Å². The molecule has 1 saturated carbocycles. The second-order valence-electron chi connectivity index (χ2n) is 4.58. The first-order chi connectivity index (χ1) is 6.94. The van der Waals surface area contributed by atoms with Crippen LogP contribution in [-0.2, 0) is 5.60 Å². The van der Waals surface area contributed by atoms with E-state index in [4.69, 9.17) is 11.6 Å². The van der Waals surface area contributed by atoms with E-state index >= 15 is 0 Å². The number of halogens is 1. The lowest BCUT2D eigenvalue weighted by molar-refractivity contribution is 0.147. The molecule has 2 N–H and O–H groups in total. The maximum atomic E-state index is 10.0. The highest BCUT2D eigenvalue weighted by Crippen LogP contribution is 2.50. The second kappa shape index (κ2) is 3.39. The number of rotatable bonds is 2. The molecule has 0 saturated heterocycles. The Morgan fingerprint density at radius 2 is 1.93 bits per heavy atom. The molecule has 1 aliphatic carbocycles. The maximum absolute atomic E-state index is 10.0. The van der Waals surface area contributed by atoms with Crippen molar-refractivity contribution in [2.24, 2.45) is 0 Å². The predicted octanol–water partition coefficient (Wildman–Crippen LogP) is 3.15. The van der Waals surface area contributed by atoms with Crippen LogP contribution in [0.25, 0.3) is 0 Å². The summed E-state index contributed by atoms with van der Waals surface area (Å²) < 4.78 is 0. The summed E-state index contributed by atoms with van der Waals surface area (Å²) in [5, 5.41) is 20.6. The van der Waals surface area contributed by atoms with Gasteiger partial charge in [-0.3, -0.25) is 0 Å². The first kappa shape index (κ1) is 10.8. The SMILES string of the molecule is CC(C)c1cc(Cl)cc(C2(O)CC2)c1O. The molecule has 0 radical (unpaired) electrons. The smallest absolute Gasteiger partial charge is 0.125 e. The molecule has 0 amide bonds. The van der Waals surface area contributed by atoms with Crippen LogP contribution in [0.15, 0.2) is 12.1 Å². The third-order valence-electron chi connectivity index (χ3n) is 2.95. The van der Waals surface area contributed by atoms with E-state index in [0.29, 0.717) is 23.4 Å². The molecule has 0 unspecified atom stereocenters. The average Bonchev–Trinajstić information content (AvgIpc) is 2.88. The lowest BCUT2D eigenvalue weighted by Crippen LogP contribution is -2.06. The number of phenols is 1. The number of phenolic OH excluding ortho intramolecular Hbond substituents is 1. The molecule has 0 atom stereocenters. The molecular weight excluding hydrogens is 212 g/mol. The van der Waals surface area contributed by atoms with Crippen LogP contribution < -0.4 is 0 Å². The van der Waals surface area contributed by atoms with Crippen molar-refractivity contribution in [2.75, 3.05) is 0 Å². The van der Waals surface area contributed by atoms with Crippen LogP contribution in [0.2, 0.25) is 5.02 Å². The minimum absolute atomic E-state index is 0.199. The van der Waals surface area contributed by atoms with Crippen molar-refractivity contribution in [2.45, 2.75) is 38.2 Å². The van der Waals surface area contributed by atoms with Crippen LogP contribution in [0.4, 0.5) is 0 Å². The molecule has 3 heteroatoms. The van der Waals surface area contributed by atoms with Crippen molar-refractivity contribution in [1.29, 1.82) is 0 Å². The second-order valence-corrected chi connectivity index (χ2v) is 5.01. The van der Waals surface area contributed by atoms with Gasteiger partial charge in [-0.1, -0.05) is 25.4 Å². The van der Waals surface area contributed by atoms with Crippen LogP contribution in [0.5, 0.6) is 5.75 Å². The van der Waals surface area contributed by atoms with E-state index in [1.165, 1.54) is 0 Å². The summed E-state index contributed by atoms with van der Waals surface area (Å²) in [6.07, 6.45) is 1.41. The zero-order valence-electron chi connectivity index (χ0n) is 8.92. The molecule has 0 heterocycles. The summed E-state index contributed by atoms with van der Waals surface area (Å²) in [5.41, 5.74) is 0.551. The Kier molecular flexibility index (Phi) is 2.44. The third kappa shape index (κ3) is 1.84. The quantitative estimate of drug-likeness (QED) is 0.814. The zero-order valence-corrected chi connectivity index (χ0v) is 9.67. The van der Waals surface area contributed by atoms with Gasteiger partial charge >= 0.3 is 0 Å². The molecule has 82 valence electrons. The Hall–Kier alpha value is -0.730. The Morgan fingerprint density at radius 3 is 2.40 bits per heavy atom. The van der Waals surface area contributed by atoms with Crippen molar-refractivity contribution in [3.8, 4) is 5.75 Å². The molecule has 15 heavy (non-hydrogen) atoms. The lowest BCUT2D eigenvalue weighted by atomic mass is 9.96. The molecule has 1 aromatic rings. The summed E-state index contributed by atoms with van der Waals surface area (Å²) in [4.78, 5) is 0. The van der Waals surface area contributed by atoms with Gasteiger partial charge in [0.25, 0.3) is 0 Å². The molecule has 1 aromatic carbocycles. The largest absolute Gasteiger partial charge is 0.507 e. The van der Waals surface area contributed by atoms with Crippen LogP contribution in [0.3, 0.4) is 0 Å². The van der Waals surface area contributed by atoms with Crippen LogP contribution >= 0.6 is 11.6 Å². The molecule has 0 aromatic heterocycles. The van der Waals surface area contributed by atoms with Crippen molar-refractivity contribution in [3.63, 3.8) is 0 Å². The van der Waals surface area contributed by atoms with E-state index in [1.54, 1.807) is 12.1 Å². The molecule has 0 spiro atoms. The number of aromatic hydroxyl groups is 1. The van der Waals surface area contributed by atoms with Crippen LogP contribution in [0, 0.1) is 0 Å². The van der Waals surface area contributed by atoms with Gasteiger partial charge in [-0.2, -0.15) is 0 Å². The number of aliphatic hydroxyl groups is 1. The average molecular weight is 227 g/mol. The molecule has 0 bridgehead atoms. The van der Waals surface area contributed by atoms with Crippen molar-refractivity contribution in [3.05, 3.63) is 28.3 Å². The Labute approximate surface area is 94.5 Å². The monoisotopic (exact) mass is 226 g/mol. The van der Waals surface area contributed by atoms with Crippen LogP contribution in [-0.4, -0.2) is 10.2 Å². The van der Waals surface area contributed by atoms with E-state index < -0.39 is 5.60 Å². The first-order valence-electron chi connectivity index (χ1n) is 5.19. The Morgan fingerprint density at radius 1 is 1.33 bits per heavy atom. The normalized spacial score (nSPS) is 18.2. The van der Waals surface area contributed by atoms with Gasteiger partial charge in [-0.05, 0) is 36.5 Å². The van der Waals surface area contributed by atoms with Gasteiger partial charge in [0, 0.05) is 10.6 Å². The van der Waals surface area contributed by atoms with E-state index in [0.717, 1.165) is 5.56 Å². The van der Waals surface area contributed by atoms with Crippen molar-refractivity contribution in [1.82, 2.24) is 0 Å². The third-order valence-corrected chi connectivity index (χ3v) is 3.17. The minimum Gasteiger partial charge on any atom is -0.507 e. The number of hydrogen-bond acceptors (Lipinski definition) is 2. The summed E-state index contributed by atoms with van der Waals surface area (Å²) in [6, 6.07) is 3.42. The molecule has 0 aliphatic heterocycles. The fraction of sp³-hybridized carbons (Fsp3) is 0.500. The van der Waals surface area contributed by atoms with Gasteiger partial charge in [-0.15, -0.1) is 0 Å². The summed E-state index contributed by atoms with van der Waals surface area (Å²) in [7, 11) is 0. The highest BCUT2D eigenvalue weighted by molar-refractivity contribution is 6.30. The maximum Gasteiger partial charge on any atom is 0.125 e. The Bertz CT molecular complexity index is 395. The molecular formula is C12H15ClO2. The highest BCUT2D eigenvalue weighted by Gasteiger charge is 2.44. The molecule has 1 fully saturated rings. The first-order valence-corrected chi connectivity index (χ1v) is 5.57. The predicted molar refractivity (Wildman–Crippen MR) is 60.3 cm³/mol. The minimum atomic E-state index is -0.835. The van der Waals surface area contributed by atoms with Gasteiger partial charge in [-0.25, -0.2) is 0 Å². The standard InChI is InChI=1S/C12H15ClO2/c1-7(2)9-5-8(13)6-10(11(9)14)12(15)3-4-12/h5-7,14-15H,3-4H2,1-2H3. The summed E-state index contributed by atoms with van der Waals surface area (Å²) >= 11 is 5.98. The van der Waals surface area contributed by atoms with E-state index in [9.17, 15) is 10.2 Å². The lowest BCUT2D eigenvalue weighted by Gasteiger charge is -2.16. The van der Waals surface area contributed by atoms with Crippen LogP contribution in [0.1, 0.15) is 43.7 Å². The van der Waals surface area contributed by atoms with Gasteiger partial charge in [0.2, 0.25) is 0 Å². The number of benzene rings is 1. The van der Waals surface area contributed by atoms with Gasteiger partial charge in [0.05, 0.1) is 5.60 Å². The number of hydrogen-bond donors (Lipinski definition) is 2. The highest BCUT2D eigenvalue weighted by atomic mass is 35.5. The molecule has 2 rings (SSSR count). The van der Waals surface area contributed by atoms with E-state index in [-0.39, 0.29) is 11.7 Å².